The number of amides is 2. The van der Waals surface area contributed by atoms with Crippen LogP contribution < -0.4 is 16.0 Å². The number of methoxy groups -OCH3 is 1. The second kappa shape index (κ2) is 16.7. The van der Waals surface area contributed by atoms with Gasteiger partial charge in [0.05, 0.1) is 17.4 Å². The average molecular weight is 727 g/mol. The molecular formula is C37H41ClF2N4O5S. The van der Waals surface area contributed by atoms with E-state index in [-0.39, 0.29) is 46.8 Å². The molecule has 1 aliphatic heterocycles. The van der Waals surface area contributed by atoms with Crippen LogP contribution in [0.1, 0.15) is 30.9 Å². The van der Waals surface area contributed by atoms with E-state index in [0.29, 0.717) is 19.5 Å². The quantitative estimate of drug-likeness (QED) is 0.198. The Morgan fingerprint density at radius 2 is 1.78 bits per heavy atom. The van der Waals surface area contributed by atoms with Gasteiger partial charge in [0.25, 0.3) is 0 Å². The van der Waals surface area contributed by atoms with Crippen LogP contribution in [0.3, 0.4) is 0 Å². The van der Waals surface area contributed by atoms with E-state index < -0.39 is 51.7 Å². The molecule has 2 aliphatic rings. The van der Waals surface area contributed by atoms with Crippen molar-refractivity contribution in [1.29, 1.82) is 0 Å². The number of hydrogen-bond donors (Lipinski definition) is 3. The van der Waals surface area contributed by atoms with Crippen LogP contribution >= 0.6 is 11.6 Å². The highest BCUT2D eigenvalue weighted by atomic mass is 35.5. The van der Waals surface area contributed by atoms with Crippen molar-refractivity contribution in [3.8, 4) is 0 Å². The molecule has 1 fully saturated rings. The summed E-state index contributed by atoms with van der Waals surface area (Å²) in [5.41, 5.74) is 1.85. The van der Waals surface area contributed by atoms with Crippen LogP contribution in [0.4, 0.5) is 19.3 Å². The molecule has 266 valence electrons. The van der Waals surface area contributed by atoms with Crippen LogP contribution in [0.2, 0.25) is 0 Å². The number of rotatable bonds is 12. The third-order valence-electron chi connectivity index (χ3n) is 9.05. The molecule has 3 aromatic carbocycles. The summed E-state index contributed by atoms with van der Waals surface area (Å²) in [6.45, 7) is 2.67. The van der Waals surface area contributed by atoms with E-state index in [9.17, 15) is 22.4 Å². The Morgan fingerprint density at radius 3 is 2.46 bits per heavy atom. The summed E-state index contributed by atoms with van der Waals surface area (Å²) in [4.78, 5) is 27.0. The normalized spacial score (nSPS) is 20.7. The minimum absolute atomic E-state index is 0.112. The van der Waals surface area contributed by atoms with Crippen LogP contribution in [-0.2, 0) is 32.4 Å². The van der Waals surface area contributed by atoms with E-state index in [1.54, 1.807) is 60.7 Å². The molecule has 50 heavy (non-hydrogen) atoms. The summed E-state index contributed by atoms with van der Waals surface area (Å²) in [5.74, 6) is -2.24. The Hall–Kier alpha value is -4.10. The smallest absolute Gasteiger partial charge is 0.407 e. The number of carbonyl (C=O) groups excluding carboxylic acids is 2. The SMILES string of the molecule is COC(=O)N[C@H](C(=O)Nc1cccc(F)c1CC[C@H]1CNC[C@@H](C)N1S(=O)(=O)c1ccccc1)[C@@H](Cc1ccc(F)cc1)C1=CCC(Cl)C=C1. The minimum Gasteiger partial charge on any atom is -0.453 e. The first kappa shape index (κ1) is 37.2. The Kier molecular flexibility index (Phi) is 12.4. The van der Waals surface area contributed by atoms with Gasteiger partial charge in [-0.25, -0.2) is 22.0 Å². The Morgan fingerprint density at radius 1 is 1.04 bits per heavy atom. The third kappa shape index (κ3) is 8.97. The standard InChI is InChI=1S/C37H41ClF2N4O5S/c1-24-22-41-23-29(44(24)50(47,48)30-7-4-3-5-8-30)19-20-31-33(40)9-6-10-34(31)42-36(45)35(43-37(46)49-2)32(26-13-15-27(38)16-14-26)21-25-11-17-28(39)18-12-25/h3-15,17-18,24,27,29,32,35,41H,16,19-23H2,1-2H3,(H,42,45)(H,43,46)/t24-,27?,29+,32+,35+/m1/s1. The second-order valence-electron chi connectivity index (χ2n) is 12.5. The lowest BCUT2D eigenvalue weighted by atomic mass is 9.82. The number of hydrogen-bond acceptors (Lipinski definition) is 6. The maximum Gasteiger partial charge on any atom is 0.407 e. The van der Waals surface area contributed by atoms with Gasteiger partial charge in [-0.1, -0.05) is 54.6 Å². The Bertz CT molecular complexity index is 1820. The molecule has 5 atom stereocenters. The molecule has 1 heterocycles. The monoisotopic (exact) mass is 726 g/mol. The van der Waals surface area contributed by atoms with Gasteiger partial charge in [0, 0.05) is 42.3 Å². The number of alkyl halides is 1. The number of carbonyl (C=O) groups is 2. The largest absolute Gasteiger partial charge is 0.453 e. The van der Waals surface area contributed by atoms with Crippen molar-refractivity contribution in [2.75, 3.05) is 25.5 Å². The highest BCUT2D eigenvalue weighted by Crippen LogP contribution is 2.31. The molecule has 5 rings (SSSR count). The maximum atomic E-state index is 15.5. The Balaban J connectivity index is 1.42. The fourth-order valence-corrected chi connectivity index (χ4v) is 8.58. The van der Waals surface area contributed by atoms with Gasteiger partial charge in [-0.15, -0.1) is 11.6 Å². The number of ether oxygens (including phenoxy) is 1. The van der Waals surface area contributed by atoms with Crippen molar-refractivity contribution in [3.05, 3.63) is 119 Å². The number of alkyl carbamates (subject to hydrolysis) is 1. The highest BCUT2D eigenvalue weighted by molar-refractivity contribution is 7.89. The van der Waals surface area contributed by atoms with Crippen molar-refractivity contribution >= 4 is 39.3 Å². The molecule has 1 aliphatic carbocycles. The summed E-state index contributed by atoms with van der Waals surface area (Å²) in [5, 5.41) is 8.54. The predicted octanol–water partition coefficient (Wildman–Crippen LogP) is 5.96. The summed E-state index contributed by atoms with van der Waals surface area (Å²) in [6, 6.07) is 16.4. The Labute approximate surface area is 296 Å². The molecule has 0 radical (unpaired) electrons. The van der Waals surface area contributed by atoms with E-state index in [0.717, 1.165) is 11.1 Å². The number of sulfonamides is 1. The molecule has 0 spiro atoms. The minimum atomic E-state index is -3.84. The van der Waals surface area contributed by atoms with Gasteiger partial charge in [0.1, 0.15) is 17.7 Å². The molecule has 9 nitrogen and oxygen atoms in total. The van der Waals surface area contributed by atoms with Gasteiger partial charge in [-0.05, 0) is 80.1 Å². The van der Waals surface area contributed by atoms with Gasteiger partial charge in [0.2, 0.25) is 15.9 Å². The second-order valence-corrected chi connectivity index (χ2v) is 14.9. The molecule has 2 amide bonds. The zero-order valence-electron chi connectivity index (χ0n) is 27.8. The topological polar surface area (TPSA) is 117 Å². The van der Waals surface area contributed by atoms with E-state index >= 15 is 4.39 Å². The van der Waals surface area contributed by atoms with Crippen LogP contribution in [0, 0.1) is 17.6 Å². The lowest BCUT2D eigenvalue weighted by Crippen LogP contribution is -2.58. The molecule has 1 saturated heterocycles. The average Bonchev–Trinajstić information content (AvgIpc) is 3.11. The first-order valence-electron chi connectivity index (χ1n) is 16.5. The number of piperazine rings is 1. The fourth-order valence-electron chi connectivity index (χ4n) is 6.55. The van der Waals surface area contributed by atoms with Crippen molar-refractivity contribution < 1.29 is 31.5 Å². The first-order valence-corrected chi connectivity index (χ1v) is 18.3. The number of allylic oxidation sites excluding steroid dienone is 3. The molecule has 0 aromatic heterocycles. The number of benzene rings is 3. The molecule has 0 bridgehead atoms. The number of nitrogens with one attached hydrogen (secondary N) is 3. The number of nitrogens with zero attached hydrogens (tertiary/aromatic N) is 1. The van der Waals surface area contributed by atoms with Gasteiger partial charge in [-0.3, -0.25) is 4.79 Å². The lowest BCUT2D eigenvalue weighted by molar-refractivity contribution is -0.119. The zero-order valence-corrected chi connectivity index (χ0v) is 29.4. The number of anilines is 1. The van der Waals surface area contributed by atoms with Crippen molar-refractivity contribution in [2.24, 2.45) is 5.92 Å². The van der Waals surface area contributed by atoms with Crippen LogP contribution in [0.15, 0.2) is 101 Å². The van der Waals surface area contributed by atoms with Crippen LogP contribution in [0.5, 0.6) is 0 Å². The van der Waals surface area contributed by atoms with Crippen molar-refractivity contribution in [1.82, 2.24) is 14.9 Å². The first-order chi connectivity index (χ1) is 24.0. The van der Waals surface area contributed by atoms with Gasteiger partial charge in [0.15, 0.2) is 0 Å². The predicted molar refractivity (Wildman–Crippen MR) is 189 cm³/mol. The van der Waals surface area contributed by atoms with Crippen molar-refractivity contribution in [2.45, 2.75) is 61.0 Å². The van der Waals surface area contributed by atoms with E-state index in [1.165, 1.54) is 35.7 Å². The third-order valence-corrected chi connectivity index (χ3v) is 11.5. The molecule has 3 N–H and O–H groups in total. The lowest BCUT2D eigenvalue weighted by Gasteiger charge is -2.40. The highest BCUT2D eigenvalue weighted by Gasteiger charge is 2.38. The summed E-state index contributed by atoms with van der Waals surface area (Å²) >= 11 is 6.29. The van der Waals surface area contributed by atoms with Gasteiger partial charge < -0.3 is 20.7 Å². The van der Waals surface area contributed by atoms with Gasteiger partial charge in [-0.2, -0.15) is 4.31 Å². The van der Waals surface area contributed by atoms with Gasteiger partial charge >= 0.3 is 6.09 Å². The van der Waals surface area contributed by atoms with Crippen LogP contribution in [0.25, 0.3) is 0 Å². The van der Waals surface area contributed by atoms with E-state index in [1.807, 2.05) is 13.0 Å². The number of halogens is 3. The van der Waals surface area contributed by atoms with E-state index in [4.69, 9.17) is 16.3 Å². The molecule has 0 saturated carbocycles. The van der Waals surface area contributed by atoms with E-state index in [2.05, 4.69) is 16.0 Å². The fraction of sp³-hybridized carbons (Fsp3) is 0.351. The summed E-state index contributed by atoms with van der Waals surface area (Å²) in [6.07, 6.45) is 5.78. The van der Waals surface area contributed by atoms with Crippen molar-refractivity contribution in [3.63, 3.8) is 0 Å². The summed E-state index contributed by atoms with van der Waals surface area (Å²) < 4.78 is 63.1. The molecule has 3 aromatic rings. The molecular weight excluding hydrogens is 686 g/mol. The maximum absolute atomic E-state index is 15.5. The molecule has 1 unspecified atom stereocenters. The molecule has 13 heteroatoms. The summed E-state index contributed by atoms with van der Waals surface area (Å²) in [7, 11) is -2.66. The zero-order chi connectivity index (χ0) is 35.8. The van der Waals surface area contributed by atoms with Crippen LogP contribution in [-0.4, -0.2) is 68.4 Å².